The quantitative estimate of drug-likeness (QED) is 0.510. The number of aromatic hydroxyl groups is 2. The van der Waals surface area contributed by atoms with E-state index in [1.54, 1.807) is 19.2 Å². The Morgan fingerprint density at radius 1 is 1.38 bits per heavy atom. The molecular weight excluding hydrogens is 170 g/mol. The van der Waals surface area contributed by atoms with Crippen molar-refractivity contribution < 1.29 is 15.3 Å². The fourth-order valence-corrected chi connectivity index (χ4v) is 1.18. The highest BCUT2D eigenvalue weighted by Crippen LogP contribution is 2.31. The highest BCUT2D eigenvalue weighted by atomic mass is 16.3. The number of phenolic OH excluding ortho intramolecular Hbond substituents is 2. The standard InChI is InChI=1S/C9H13NO3/c1-10-7(5-11)6-3-2-4-8(12)9(6)13/h2-4,7,10-13H,5H2,1H3/t7-/m1/s1. The molecule has 1 aromatic carbocycles. The van der Waals surface area contributed by atoms with Crippen molar-refractivity contribution in [2.45, 2.75) is 6.04 Å². The molecule has 0 unspecified atom stereocenters. The van der Waals surface area contributed by atoms with Gasteiger partial charge in [-0.3, -0.25) is 0 Å². The normalized spacial score (nSPS) is 12.8. The summed E-state index contributed by atoms with van der Waals surface area (Å²) in [6, 6.07) is 4.30. The molecule has 0 aliphatic heterocycles. The minimum absolute atomic E-state index is 0.131. The average molecular weight is 183 g/mol. The predicted octanol–water partition coefficient (Wildman–Crippen LogP) is 0.351. The van der Waals surface area contributed by atoms with Crippen molar-refractivity contribution in [2.24, 2.45) is 0 Å². The summed E-state index contributed by atoms with van der Waals surface area (Å²) in [6.45, 7) is -0.131. The fourth-order valence-electron chi connectivity index (χ4n) is 1.18. The maximum Gasteiger partial charge on any atom is 0.162 e. The molecule has 0 aromatic heterocycles. The minimum atomic E-state index is -0.355. The molecule has 0 aliphatic rings. The van der Waals surface area contributed by atoms with Crippen LogP contribution in [0.3, 0.4) is 0 Å². The highest BCUT2D eigenvalue weighted by molar-refractivity contribution is 5.45. The number of phenols is 2. The molecule has 1 rings (SSSR count). The molecule has 1 aromatic rings. The summed E-state index contributed by atoms with van der Waals surface area (Å²) in [4.78, 5) is 0. The molecule has 4 N–H and O–H groups in total. The first-order valence-corrected chi connectivity index (χ1v) is 3.99. The van der Waals surface area contributed by atoms with Crippen molar-refractivity contribution >= 4 is 0 Å². The zero-order valence-electron chi connectivity index (χ0n) is 7.36. The van der Waals surface area contributed by atoms with Crippen LogP contribution in [0.15, 0.2) is 18.2 Å². The van der Waals surface area contributed by atoms with E-state index in [0.717, 1.165) is 0 Å². The van der Waals surface area contributed by atoms with E-state index in [9.17, 15) is 10.2 Å². The van der Waals surface area contributed by atoms with Crippen LogP contribution in [0.1, 0.15) is 11.6 Å². The molecule has 13 heavy (non-hydrogen) atoms. The third-order valence-electron chi connectivity index (χ3n) is 1.95. The van der Waals surface area contributed by atoms with Gasteiger partial charge in [-0.1, -0.05) is 12.1 Å². The lowest BCUT2D eigenvalue weighted by Gasteiger charge is -2.15. The minimum Gasteiger partial charge on any atom is -0.504 e. The average Bonchev–Trinajstić information content (AvgIpc) is 2.14. The second-order valence-corrected chi connectivity index (χ2v) is 2.74. The molecule has 0 heterocycles. The van der Waals surface area contributed by atoms with Gasteiger partial charge in [-0.05, 0) is 13.1 Å². The van der Waals surface area contributed by atoms with Crippen molar-refractivity contribution in [1.29, 1.82) is 0 Å². The number of benzene rings is 1. The van der Waals surface area contributed by atoms with Crippen LogP contribution in [0.5, 0.6) is 11.5 Å². The lowest BCUT2D eigenvalue weighted by molar-refractivity contribution is 0.247. The first-order valence-electron chi connectivity index (χ1n) is 3.99. The van der Waals surface area contributed by atoms with Crippen LogP contribution < -0.4 is 5.32 Å². The second-order valence-electron chi connectivity index (χ2n) is 2.74. The number of rotatable bonds is 3. The number of hydrogen-bond acceptors (Lipinski definition) is 4. The molecular formula is C9H13NO3. The smallest absolute Gasteiger partial charge is 0.162 e. The number of hydrogen-bond donors (Lipinski definition) is 4. The zero-order chi connectivity index (χ0) is 9.84. The Morgan fingerprint density at radius 2 is 2.08 bits per heavy atom. The Morgan fingerprint density at radius 3 is 2.62 bits per heavy atom. The lowest BCUT2D eigenvalue weighted by atomic mass is 10.1. The third kappa shape index (κ3) is 1.91. The Labute approximate surface area is 76.5 Å². The van der Waals surface area contributed by atoms with Gasteiger partial charge in [-0.2, -0.15) is 0 Å². The van der Waals surface area contributed by atoms with E-state index in [1.807, 2.05) is 0 Å². The maximum atomic E-state index is 9.43. The van der Waals surface area contributed by atoms with Crippen molar-refractivity contribution in [1.82, 2.24) is 5.32 Å². The monoisotopic (exact) mass is 183 g/mol. The molecule has 0 amide bonds. The molecule has 72 valence electrons. The third-order valence-corrected chi connectivity index (χ3v) is 1.95. The van der Waals surface area contributed by atoms with Crippen molar-refractivity contribution in [2.75, 3.05) is 13.7 Å². The molecule has 0 aliphatic carbocycles. The van der Waals surface area contributed by atoms with Gasteiger partial charge in [0.15, 0.2) is 11.5 Å². The summed E-state index contributed by atoms with van der Waals surface area (Å²) in [6.07, 6.45) is 0. The van der Waals surface area contributed by atoms with Crippen LogP contribution in [-0.2, 0) is 0 Å². The van der Waals surface area contributed by atoms with E-state index in [0.29, 0.717) is 5.56 Å². The van der Waals surface area contributed by atoms with Gasteiger partial charge in [-0.25, -0.2) is 0 Å². The first kappa shape index (κ1) is 9.83. The van der Waals surface area contributed by atoms with Gasteiger partial charge in [0.2, 0.25) is 0 Å². The summed E-state index contributed by atoms with van der Waals surface area (Å²) < 4.78 is 0. The fraction of sp³-hybridized carbons (Fsp3) is 0.333. The first-order chi connectivity index (χ1) is 6.20. The molecule has 4 heteroatoms. The van der Waals surface area contributed by atoms with E-state index in [2.05, 4.69) is 5.32 Å². The number of likely N-dealkylation sites (N-methyl/N-ethyl adjacent to an activating group) is 1. The molecule has 0 spiro atoms. The van der Waals surface area contributed by atoms with E-state index >= 15 is 0 Å². The molecule has 0 bridgehead atoms. The number of nitrogens with one attached hydrogen (secondary N) is 1. The molecule has 0 radical (unpaired) electrons. The van der Waals surface area contributed by atoms with E-state index < -0.39 is 0 Å². The van der Waals surface area contributed by atoms with Gasteiger partial charge in [0.05, 0.1) is 12.6 Å². The van der Waals surface area contributed by atoms with Crippen molar-refractivity contribution in [3.63, 3.8) is 0 Å². The van der Waals surface area contributed by atoms with Crippen LogP contribution in [-0.4, -0.2) is 29.0 Å². The summed E-state index contributed by atoms with van der Waals surface area (Å²) in [5.74, 6) is -0.359. The van der Waals surface area contributed by atoms with Crippen molar-refractivity contribution in [3.8, 4) is 11.5 Å². The topological polar surface area (TPSA) is 72.7 Å². The summed E-state index contributed by atoms with van der Waals surface area (Å²) in [5.41, 5.74) is 0.491. The molecule has 0 saturated carbocycles. The summed E-state index contributed by atoms with van der Waals surface area (Å²) in [7, 11) is 1.67. The number of aliphatic hydroxyl groups is 1. The van der Waals surface area contributed by atoms with Crippen LogP contribution in [0.25, 0.3) is 0 Å². The molecule has 4 nitrogen and oxygen atoms in total. The predicted molar refractivity (Wildman–Crippen MR) is 48.7 cm³/mol. The Kier molecular flexibility index (Phi) is 3.11. The van der Waals surface area contributed by atoms with Crippen molar-refractivity contribution in [3.05, 3.63) is 23.8 Å². The molecule has 0 saturated heterocycles. The molecule has 0 fully saturated rings. The van der Waals surface area contributed by atoms with Gasteiger partial charge >= 0.3 is 0 Å². The maximum absolute atomic E-state index is 9.43. The SMILES string of the molecule is CN[C@H](CO)c1cccc(O)c1O. The number of para-hydroxylation sites is 1. The van der Waals surface area contributed by atoms with Gasteiger partial charge < -0.3 is 20.6 Å². The molecule has 1 atom stereocenters. The Bertz CT molecular complexity index is 284. The largest absolute Gasteiger partial charge is 0.504 e. The van der Waals surface area contributed by atoms with E-state index in [1.165, 1.54) is 6.07 Å². The second kappa shape index (κ2) is 4.11. The highest BCUT2D eigenvalue weighted by Gasteiger charge is 2.14. The van der Waals surface area contributed by atoms with Crippen LogP contribution in [0.2, 0.25) is 0 Å². The Hall–Kier alpha value is -1.26. The number of aliphatic hydroxyl groups excluding tert-OH is 1. The van der Waals surface area contributed by atoms with E-state index in [4.69, 9.17) is 5.11 Å². The van der Waals surface area contributed by atoms with Crippen LogP contribution in [0, 0.1) is 0 Å². The summed E-state index contributed by atoms with van der Waals surface area (Å²) >= 11 is 0. The lowest BCUT2D eigenvalue weighted by Crippen LogP contribution is -2.19. The van der Waals surface area contributed by atoms with Gasteiger partial charge in [0.1, 0.15) is 0 Å². The van der Waals surface area contributed by atoms with Crippen LogP contribution in [0.4, 0.5) is 0 Å². The van der Waals surface area contributed by atoms with Gasteiger partial charge in [0.25, 0.3) is 0 Å². The van der Waals surface area contributed by atoms with Crippen LogP contribution >= 0.6 is 0 Å². The zero-order valence-corrected chi connectivity index (χ0v) is 7.36. The summed E-state index contributed by atoms with van der Waals surface area (Å²) in [5, 5.41) is 30.4. The van der Waals surface area contributed by atoms with E-state index in [-0.39, 0.29) is 24.1 Å². The van der Waals surface area contributed by atoms with Gasteiger partial charge in [0, 0.05) is 5.56 Å². The Balaban J connectivity index is 3.05. The van der Waals surface area contributed by atoms with Gasteiger partial charge in [-0.15, -0.1) is 0 Å².